The molecule has 3 aromatic rings. The van der Waals surface area contributed by atoms with Crippen molar-refractivity contribution in [1.29, 1.82) is 0 Å². The van der Waals surface area contributed by atoms with E-state index in [-0.39, 0.29) is 0 Å². The Labute approximate surface area is 114 Å². The predicted octanol–water partition coefficient (Wildman–Crippen LogP) is 2.64. The van der Waals surface area contributed by atoms with Crippen LogP contribution in [0.1, 0.15) is 0 Å². The number of ether oxygens (including phenoxy) is 1. The molecule has 0 saturated heterocycles. The second-order valence-corrected chi connectivity index (χ2v) is 4.45. The highest BCUT2D eigenvalue weighted by Gasteiger charge is 2.10. The molecule has 96 valence electrons. The van der Waals surface area contributed by atoms with Crippen LogP contribution in [-0.2, 0) is 0 Å². The van der Waals surface area contributed by atoms with E-state index in [9.17, 15) is 0 Å². The van der Waals surface area contributed by atoms with Gasteiger partial charge in [-0.3, -0.25) is 4.98 Å². The topological polar surface area (TPSA) is 65.4 Å². The van der Waals surface area contributed by atoms with E-state index < -0.39 is 0 Å². The highest BCUT2D eigenvalue weighted by molar-refractivity contribution is 6.34. The molecule has 19 heavy (non-hydrogen) atoms. The van der Waals surface area contributed by atoms with E-state index >= 15 is 0 Å². The first-order valence-electron chi connectivity index (χ1n) is 5.62. The van der Waals surface area contributed by atoms with Crippen molar-refractivity contribution < 1.29 is 4.74 Å². The van der Waals surface area contributed by atoms with E-state index in [0.29, 0.717) is 16.6 Å². The number of rotatable bonds is 2. The minimum Gasteiger partial charge on any atom is -0.495 e. The van der Waals surface area contributed by atoms with Gasteiger partial charge in [0.25, 0.3) is 0 Å². The SMILES string of the molecule is COc1cncc(-c2cc3c(Cl)ccc(N)n3n2)c1. The standard InChI is InChI=1S/C13H11ClN4O/c1-19-9-4-8(6-16-7-9)11-5-12-10(14)2-3-13(15)18(12)17-11/h2-7H,15H2,1H3. The average molecular weight is 275 g/mol. The molecule has 0 aliphatic carbocycles. The van der Waals surface area contributed by atoms with Crippen molar-refractivity contribution in [2.45, 2.75) is 0 Å². The van der Waals surface area contributed by atoms with Crippen LogP contribution in [-0.4, -0.2) is 21.7 Å². The Kier molecular flexibility index (Phi) is 2.76. The first kappa shape index (κ1) is 11.8. The Bertz CT molecular complexity index is 714. The quantitative estimate of drug-likeness (QED) is 0.780. The van der Waals surface area contributed by atoms with Crippen LogP contribution in [0.3, 0.4) is 0 Å². The number of nitrogens with zero attached hydrogens (tertiary/aromatic N) is 3. The predicted molar refractivity (Wildman–Crippen MR) is 74.4 cm³/mol. The van der Waals surface area contributed by atoms with Crippen molar-refractivity contribution in [3.63, 3.8) is 0 Å². The molecule has 6 heteroatoms. The Hall–Kier alpha value is -2.27. The van der Waals surface area contributed by atoms with Gasteiger partial charge in [0.1, 0.15) is 11.6 Å². The summed E-state index contributed by atoms with van der Waals surface area (Å²) in [6.07, 6.45) is 3.36. The van der Waals surface area contributed by atoms with Crippen LogP contribution in [0.25, 0.3) is 16.8 Å². The van der Waals surface area contributed by atoms with Gasteiger partial charge in [-0.2, -0.15) is 5.10 Å². The summed E-state index contributed by atoms with van der Waals surface area (Å²) in [4.78, 5) is 4.11. The Morgan fingerprint density at radius 3 is 2.84 bits per heavy atom. The summed E-state index contributed by atoms with van der Waals surface area (Å²) in [5.41, 5.74) is 8.23. The summed E-state index contributed by atoms with van der Waals surface area (Å²) in [7, 11) is 1.60. The minimum atomic E-state index is 0.529. The van der Waals surface area contributed by atoms with Gasteiger partial charge < -0.3 is 10.5 Å². The van der Waals surface area contributed by atoms with E-state index in [0.717, 1.165) is 16.8 Å². The fourth-order valence-corrected chi connectivity index (χ4v) is 2.07. The molecule has 0 spiro atoms. The Morgan fingerprint density at radius 1 is 1.26 bits per heavy atom. The molecule has 0 bridgehead atoms. The maximum Gasteiger partial charge on any atom is 0.137 e. The lowest BCUT2D eigenvalue weighted by Crippen LogP contribution is -1.97. The lowest BCUT2D eigenvalue weighted by Gasteiger charge is -2.00. The van der Waals surface area contributed by atoms with Crippen LogP contribution < -0.4 is 10.5 Å². The van der Waals surface area contributed by atoms with Crippen LogP contribution in [0, 0.1) is 0 Å². The molecule has 0 unspecified atom stereocenters. The molecule has 0 fully saturated rings. The molecule has 3 rings (SSSR count). The van der Waals surface area contributed by atoms with Gasteiger partial charge in [0.15, 0.2) is 0 Å². The number of halogens is 1. The number of hydrogen-bond acceptors (Lipinski definition) is 4. The van der Waals surface area contributed by atoms with Gasteiger partial charge in [0, 0.05) is 11.8 Å². The van der Waals surface area contributed by atoms with Gasteiger partial charge in [0.2, 0.25) is 0 Å². The molecular formula is C13H11ClN4O. The molecule has 3 heterocycles. The van der Waals surface area contributed by atoms with Gasteiger partial charge in [0.05, 0.1) is 29.5 Å². The second-order valence-electron chi connectivity index (χ2n) is 4.05. The molecule has 2 N–H and O–H groups in total. The van der Waals surface area contributed by atoms with Crippen LogP contribution in [0.2, 0.25) is 5.02 Å². The number of fused-ring (bicyclic) bond motifs is 1. The van der Waals surface area contributed by atoms with E-state index in [1.54, 1.807) is 36.2 Å². The zero-order valence-corrected chi connectivity index (χ0v) is 10.9. The van der Waals surface area contributed by atoms with Crippen LogP contribution in [0.5, 0.6) is 5.75 Å². The lowest BCUT2D eigenvalue weighted by molar-refractivity contribution is 0.413. The molecule has 0 radical (unpaired) electrons. The number of methoxy groups -OCH3 is 1. The molecule has 5 nitrogen and oxygen atoms in total. The molecule has 0 aliphatic heterocycles. The summed E-state index contributed by atoms with van der Waals surface area (Å²) < 4.78 is 6.76. The summed E-state index contributed by atoms with van der Waals surface area (Å²) in [5.74, 6) is 1.20. The second kappa shape index (κ2) is 4.44. The molecule has 0 saturated carbocycles. The molecule has 0 aliphatic rings. The van der Waals surface area contributed by atoms with E-state index in [1.807, 2.05) is 12.1 Å². The van der Waals surface area contributed by atoms with Crippen LogP contribution >= 0.6 is 11.6 Å². The normalized spacial score (nSPS) is 10.8. The third-order valence-corrected chi connectivity index (χ3v) is 3.16. The Balaban J connectivity index is 2.20. The molecule has 0 amide bonds. The number of anilines is 1. The highest BCUT2D eigenvalue weighted by atomic mass is 35.5. The summed E-state index contributed by atoms with van der Waals surface area (Å²) >= 11 is 6.13. The van der Waals surface area contributed by atoms with Crippen molar-refractivity contribution in [2.24, 2.45) is 0 Å². The first-order chi connectivity index (χ1) is 9.19. The van der Waals surface area contributed by atoms with Gasteiger partial charge in [-0.05, 0) is 24.3 Å². The number of pyridine rings is 2. The number of aromatic nitrogens is 3. The molecule has 0 aromatic carbocycles. The largest absolute Gasteiger partial charge is 0.495 e. The highest BCUT2D eigenvalue weighted by Crippen LogP contribution is 2.27. The van der Waals surface area contributed by atoms with E-state index in [2.05, 4.69) is 10.1 Å². The van der Waals surface area contributed by atoms with Crippen LogP contribution in [0.4, 0.5) is 5.82 Å². The van der Waals surface area contributed by atoms with Crippen molar-refractivity contribution in [2.75, 3.05) is 12.8 Å². The average Bonchev–Trinajstić information content (AvgIpc) is 2.89. The van der Waals surface area contributed by atoms with E-state index in [1.165, 1.54) is 0 Å². The molecule has 3 aromatic heterocycles. The van der Waals surface area contributed by atoms with Crippen LogP contribution in [0.15, 0.2) is 36.7 Å². The summed E-state index contributed by atoms with van der Waals surface area (Å²) in [6.45, 7) is 0. The Morgan fingerprint density at radius 2 is 2.11 bits per heavy atom. The third kappa shape index (κ3) is 1.98. The van der Waals surface area contributed by atoms with Crippen molar-refractivity contribution in [1.82, 2.24) is 14.6 Å². The minimum absolute atomic E-state index is 0.529. The van der Waals surface area contributed by atoms with Crippen molar-refractivity contribution >= 4 is 22.9 Å². The number of nitrogens with two attached hydrogens (primary N) is 1. The van der Waals surface area contributed by atoms with Gasteiger partial charge in [-0.15, -0.1) is 0 Å². The summed E-state index contributed by atoms with van der Waals surface area (Å²) in [5, 5.41) is 5.03. The van der Waals surface area contributed by atoms with Crippen molar-refractivity contribution in [3.05, 3.63) is 41.7 Å². The number of nitrogen functional groups attached to an aromatic ring is 1. The molecule has 0 atom stereocenters. The van der Waals surface area contributed by atoms with Gasteiger partial charge in [-0.1, -0.05) is 11.6 Å². The monoisotopic (exact) mass is 274 g/mol. The summed E-state index contributed by atoms with van der Waals surface area (Å²) in [6, 6.07) is 7.20. The fourth-order valence-electron chi connectivity index (χ4n) is 1.87. The third-order valence-electron chi connectivity index (χ3n) is 2.84. The maximum atomic E-state index is 6.13. The maximum absolute atomic E-state index is 6.13. The zero-order chi connectivity index (χ0) is 13.4. The van der Waals surface area contributed by atoms with Gasteiger partial charge in [-0.25, -0.2) is 4.52 Å². The fraction of sp³-hybridized carbons (Fsp3) is 0.0769. The number of hydrogen-bond donors (Lipinski definition) is 1. The van der Waals surface area contributed by atoms with Gasteiger partial charge >= 0.3 is 0 Å². The smallest absolute Gasteiger partial charge is 0.137 e. The first-order valence-corrected chi connectivity index (χ1v) is 6.00. The zero-order valence-electron chi connectivity index (χ0n) is 10.2. The molecular weight excluding hydrogens is 264 g/mol. The lowest BCUT2D eigenvalue weighted by atomic mass is 10.2. The van der Waals surface area contributed by atoms with Crippen molar-refractivity contribution in [3.8, 4) is 17.0 Å². The van der Waals surface area contributed by atoms with E-state index in [4.69, 9.17) is 22.1 Å².